The summed E-state index contributed by atoms with van der Waals surface area (Å²) in [6.45, 7) is 2.25. The molecule has 0 bridgehead atoms. The zero-order chi connectivity index (χ0) is 15.6. The Balaban J connectivity index is 1.54. The van der Waals surface area contributed by atoms with Crippen LogP contribution in [0.4, 0.5) is 5.82 Å². The van der Waals surface area contributed by atoms with Crippen LogP contribution in [0.2, 0.25) is 0 Å². The van der Waals surface area contributed by atoms with Gasteiger partial charge in [-0.15, -0.1) is 11.3 Å². The number of aliphatic hydroxyl groups is 1. The summed E-state index contributed by atoms with van der Waals surface area (Å²) in [5.41, 5.74) is 2.11. The van der Waals surface area contributed by atoms with Crippen molar-refractivity contribution in [3.8, 4) is 10.6 Å². The number of anilines is 1. The van der Waals surface area contributed by atoms with Crippen LogP contribution in [-0.4, -0.2) is 34.8 Å². The van der Waals surface area contributed by atoms with Gasteiger partial charge in [0.2, 0.25) is 0 Å². The summed E-state index contributed by atoms with van der Waals surface area (Å²) in [5.74, 6) is 1.47. The lowest BCUT2D eigenvalue weighted by molar-refractivity contribution is 0.203. The molecule has 0 radical (unpaired) electrons. The fourth-order valence-corrected chi connectivity index (χ4v) is 4.00. The van der Waals surface area contributed by atoms with Crippen molar-refractivity contribution in [3.63, 3.8) is 0 Å². The van der Waals surface area contributed by atoms with E-state index < -0.39 is 0 Å². The average Bonchev–Trinajstić information content (AvgIpc) is 3.06. The summed E-state index contributed by atoms with van der Waals surface area (Å²) in [4.78, 5) is 11.6. The van der Waals surface area contributed by atoms with Crippen LogP contribution in [0.5, 0.6) is 0 Å². The second-order valence-electron chi connectivity index (χ2n) is 6.00. The smallest absolute Gasteiger partial charge is 0.128 e. The fraction of sp³-hybridized carbons (Fsp3) is 0.333. The van der Waals surface area contributed by atoms with Gasteiger partial charge < -0.3 is 10.0 Å². The molecule has 4 rings (SSSR count). The van der Waals surface area contributed by atoms with Gasteiger partial charge in [0.15, 0.2) is 0 Å². The molecule has 5 heteroatoms. The lowest BCUT2D eigenvalue weighted by Gasteiger charge is -2.31. The summed E-state index contributed by atoms with van der Waals surface area (Å²) in [5, 5.41) is 10.2. The van der Waals surface area contributed by atoms with Crippen molar-refractivity contribution >= 4 is 27.4 Å². The van der Waals surface area contributed by atoms with E-state index in [1.54, 1.807) is 11.3 Å². The first-order valence-electron chi connectivity index (χ1n) is 8.01. The summed E-state index contributed by atoms with van der Waals surface area (Å²) in [7, 11) is 0. The molecule has 0 spiro atoms. The third kappa shape index (κ3) is 2.94. The minimum absolute atomic E-state index is 0.303. The van der Waals surface area contributed by atoms with E-state index >= 15 is 0 Å². The quantitative estimate of drug-likeness (QED) is 0.800. The molecule has 1 saturated heterocycles. The van der Waals surface area contributed by atoms with Crippen LogP contribution in [-0.2, 0) is 0 Å². The summed E-state index contributed by atoms with van der Waals surface area (Å²) < 4.78 is 1.21. The van der Waals surface area contributed by atoms with Gasteiger partial charge in [-0.05, 0) is 43.0 Å². The monoisotopic (exact) mass is 325 g/mol. The molecule has 2 aromatic heterocycles. The highest BCUT2D eigenvalue weighted by Gasteiger charge is 2.19. The van der Waals surface area contributed by atoms with Crippen molar-refractivity contribution in [1.82, 2.24) is 9.97 Å². The maximum Gasteiger partial charge on any atom is 0.128 e. The van der Waals surface area contributed by atoms with E-state index in [1.165, 1.54) is 4.70 Å². The molecule has 0 amide bonds. The van der Waals surface area contributed by atoms with Gasteiger partial charge in [-0.3, -0.25) is 0 Å². The predicted molar refractivity (Wildman–Crippen MR) is 94.9 cm³/mol. The number of fused-ring (bicyclic) bond motifs is 1. The van der Waals surface area contributed by atoms with Gasteiger partial charge in [0.1, 0.15) is 10.8 Å². The first kappa shape index (κ1) is 14.6. The van der Waals surface area contributed by atoms with Crippen LogP contribution in [0, 0.1) is 5.92 Å². The molecule has 1 N–H and O–H groups in total. The third-order valence-corrected chi connectivity index (χ3v) is 5.57. The van der Waals surface area contributed by atoms with Gasteiger partial charge in [0, 0.05) is 31.5 Å². The number of hydrogen-bond donors (Lipinski definition) is 1. The van der Waals surface area contributed by atoms with E-state index in [0.29, 0.717) is 12.5 Å². The van der Waals surface area contributed by atoms with Crippen LogP contribution in [0.3, 0.4) is 0 Å². The van der Waals surface area contributed by atoms with Crippen molar-refractivity contribution in [1.29, 1.82) is 0 Å². The van der Waals surface area contributed by atoms with Crippen molar-refractivity contribution < 1.29 is 5.11 Å². The van der Waals surface area contributed by atoms with Crippen molar-refractivity contribution in [3.05, 3.63) is 42.6 Å². The number of benzene rings is 1. The molecule has 1 aliphatic rings. The second kappa shape index (κ2) is 6.26. The number of aliphatic hydroxyl groups excluding tert-OH is 1. The normalized spacial score (nSPS) is 16.1. The van der Waals surface area contributed by atoms with E-state index in [1.807, 2.05) is 24.4 Å². The molecular weight excluding hydrogens is 306 g/mol. The standard InChI is InChI=1S/C18H19N3OS/c22-12-13-7-9-21(10-8-13)17-6-5-14(11-19-17)18-20-15-3-1-2-4-16(15)23-18/h1-6,11,13,22H,7-10,12H2. The Bertz CT molecular complexity index is 758. The van der Waals surface area contributed by atoms with Crippen molar-refractivity contribution in [2.24, 2.45) is 5.92 Å². The number of hydrogen-bond acceptors (Lipinski definition) is 5. The van der Waals surface area contributed by atoms with Gasteiger partial charge >= 0.3 is 0 Å². The predicted octanol–water partition coefficient (Wildman–Crippen LogP) is 3.57. The topological polar surface area (TPSA) is 49.2 Å². The SMILES string of the molecule is OCC1CCN(c2ccc(-c3nc4ccccc4s3)cn2)CC1. The van der Waals surface area contributed by atoms with E-state index in [9.17, 15) is 5.11 Å². The molecule has 3 aromatic rings. The van der Waals surface area contributed by atoms with Crippen LogP contribution >= 0.6 is 11.3 Å². The number of rotatable bonds is 3. The molecular formula is C18H19N3OS. The van der Waals surface area contributed by atoms with Crippen LogP contribution < -0.4 is 4.90 Å². The third-order valence-electron chi connectivity index (χ3n) is 4.49. The minimum Gasteiger partial charge on any atom is -0.396 e. The molecule has 0 aliphatic carbocycles. The van der Waals surface area contributed by atoms with Crippen LogP contribution in [0.15, 0.2) is 42.6 Å². The zero-order valence-electron chi connectivity index (χ0n) is 12.9. The van der Waals surface area contributed by atoms with Gasteiger partial charge in [0.05, 0.1) is 10.2 Å². The summed E-state index contributed by atoms with van der Waals surface area (Å²) in [6, 6.07) is 12.4. The van der Waals surface area contributed by atoms with Crippen molar-refractivity contribution in [2.45, 2.75) is 12.8 Å². The average molecular weight is 325 g/mol. The van der Waals surface area contributed by atoms with Crippen molar-refractivity contribution in [2.75, 3.05) is 24.6 Å². The number of aromatic nitrogens is 2. The molecule has 4 nitrogen and oxygen atoms in total. The highest BCUT2D eigenvalue weighted by atomic mass is 32.1. The number of piperidine rings is 1. The van der Waals surface area contributed by atoms with E-state index in [2.05, 4.69) is 33.1 Å². The summed E-state index contributed by atoms with van der Waals surface area (Å²) in [6.07, 6.45) is 4.00. The second-order valence-corrected chi connectivity index (χ2v) is 7.04. The lowest BCUT2D eigenvalue weighted by Crippen LogP contribution is -2.35. The van der Waals surface area contributed by atoms with E-state index in [0.717, 1.165) is 47.8 Å². The fourth-order valence-electron chi connectivity index (χ4n) is 3.04. The first-order valence-corrected chi connectivity index (χ1v) is 8.83. The Morgan fingerprint density at radius 3 is 2.65 bits per heavy atom. The molecule has 23 heavy (non-hydrogen) atoms. The van der Waals surface area contributed by atoms with Crippen LogP contribution in [0.25, 0.3) is 20.8 Å². The largest absolute Gasteiger partial charge is 0.396 e. The number of para-hydroxylation sites is 1. The maximum atomic E-state index is 9.23. The van der Waals surface area contributed by atoms with Gasteiger partial charge in [-0.2, -0.15) is 0 Å². The minimum atomic E-state index is 0.303. The Labute approximate surface area is 139 Å². The molecule has 1 aromatic carbocycles. The lowest BCUT2D eigenvalue weighted by atomic mass is 9.98. The molecule has 118 valence electrons. The highest BCUT2D eigenvalue weighted by Crippen LogP contribution is 2.30. The Kier molecular flexibility index (Phi) is 3.97. The zero-order valence-corrected chi connectivity index (χ0v) is 13.7. The van der Waals surface area contributed by atoms with Crippen LogP contribution in [0.1, 0.15) is 12.8 Å². The highest BCUT2D eigenvalue weighted by molar-refractivity contribution is 7.21. The Morgan fingerprint density at radius 1 is 1.13 bits per heavy atom. The molecule has 3 heterocycles. The van der Waals surface area contributed by atoms with Gasteiger partial charge in [0.25, 0.3) is 0 Å². The number of pyridine rings is 1. The maximum absolute atomic E-state index is 9.23. The summed E-state index contributed by atoms with van der Waals surface area (Å²) >= 11 is 1.70. The number of nitrogens with zero attached hydrogens (tertiary/aromatic N) is 3. The van der Waals surface area contributed by atoms with E-state index in [4.69, 9.17) is 0 Å². The van der Waals surface area contributed by atoms with Gasteiger partial charge in [-0.25, -0.2) is 9.97 Å². The molecule has 0 unspecified atom stereocenters. The molecule has 1 aliphatic heterocycles. The van der Waals surface area contributed by atoms with Gasteiger partial charge in [-0.1, -0.05) is 12.1 Å². The Hall–Kier alpha value is -1.98. The Morgan fingerprint density at radius 2 is 1.96 bits per heavy atom. The molecule has 0 atom stereocenters. The molecule has 1 fully saturated rings. The number of thiazole rings is 1. The first-order chi connectivity index (χ1) is 11.3. The molecule has 0 saturated carbocycles. The van der Waals surface area contributed by atoms with E-state index in [-0.39, 0.29) is 0 Å².